The number of rotatable bonds is 4. The van der Waals surface area contributed by atoms with Crippen LogP contribution in [0.3, 0.4) is 0 Å². The van der Waals surface area contributed by atoms with Gasteiger partial charge in [-0.3, -0.25) is 5.43 Å². The number of aromatic nitrogens is 1. The summed E-state index contributed by atoms with van der Waals surface area (Å²) < 4.78 is 5.66. The van der Waals surface area contributed by atoms with E-state index in [1.807, 2.05) is 18.1 Å². The first-order valence-electron chi connectivity index (χ1n) is 8.53. The van der Waals surface area contributed by atoms with Crippen molar-refractivity contribution in [3.05, 3.63) is 35.2 Å². The number of carboxylic acid groups (broad SMARTS) is 1. The lowest BCUT2D eigenvalue weighted by atomic mass is 10.1. The number of furan rings is 1. The van der Waals surface area contributed by atoms with E-state index < -0.39 is 11.7 Å². The van der Waals surface area contributed by atoms with Gasteiger partial charge in [0.1, 0.15) is 0 Å². The molecule has 2 aromatic heterocycles. The predicted octanol–water partition coefficient (Wildman–Crippen LogP) is 1.91. The minimum Gasteiger partial charge on any atom is -0.504 e. The lowest BCUT2D eigenvalue weighted by Crippen LogP contribution is -2.47. The van der Waals surface area contributed by atoms with Gasteiger partial charge in [0.15, 0.2) is 22.9 Å². The SMILES string of the molecule is CN1CCN(Nc2oc(C=C3C=Nc4ncccc43)c(O)c2C(=O)O)CC1. The Morgan fingerprint density at radius 2 is 2.11 bits per heavy atom. The smallest absolute Gasteiger partial charge is 0.345 e. The minimum absolute atomic E-state index is 0.0118. The number of anilines is 1. The van der Waals surface area contributed by atoms with E-state index in [1.165, 1.54) is 0 Å². The zero-order chi connectivity index (χ0) is 19.0. The first-order chi connectivity index (χ1) is 13.0. The van der Waals surface area contributed by atoms with Crippen LogP contribution in [0.5, 0.6) is 5.75 Å². The van der Waals surface area contributed by atoms with Crippen molar-refractivity contribution in [3.8, 4) is 5.75 Å². The molecule has 3 N–H and O–H groups in total. The molecule has 2 aliphatic heterocycles. The van der Waals surface area contributed by atoms with Gasteiger partial charge < -0.3 is 19.5 Å². The van der Waals surface area contributed by atoms with Gasteiger partial charge in [-0.25, -0.2) is 19.8 Å². The van der Waals surface area contributed by atoms with Crippen LogP contribution in [0, 0.1) is 0 Å². The van der Waals surface area contributed by atoms with E-state index in [0.29, 0.717) is 24.5 Å². The molecule has 140 valence electrons. The second-order valence-electron chi connectivity index (χ2n) is 6.46. The second-order valence-corrected chi connectivity index (χ2v) is 6.46. The standard InChI is InChI=1S/C18H19N5O4/c1-22-5-7-23(8-6-22)21-17-14(18(25)26)15(24)13(27-17)9-11-10-20-16-12(11)3-2-4-19-16/h2-4,9-10,21,24H,5-8H2,1H3,(H,25,26). The summed E-state index contributed by atoms with van der Waals surface area (Å²) in [5, 5.41) is 21.8. The number of hydrogen-bond acceptors (Lipinski definition) is 8. The summed E-state index contributed by atoms with van der Waals surface area (Å²) in [7, 11) is 2.03. The molecule has 4 heterocycles. The van der Waals surface area contributed by atoms with Gasteiger partial charge in [0.25, 0.3) is 0 Å². The highest BCUT2D eigenvalue weighted by atomic mass is 16.4. The molecule has 2 aliphatic rings. The number of nitrogens with one attached hydrogen (secondary N) is 1. The molecule has 4 rings (SSSR count). The molecule has 1 saturated heterocycles. The van der Waals surface area contributed by atoms with Crippen molar-refractivity contribution < 1.29 is 19.4 Å². The number of pyridine rings is 1. The van der Waals surface area contributed by atoms with Crippen LogP contribution in [0.15, 0.2) is 27.7 Å². The first-order valence-corrected chi connectivity index (χ1v) is 8.53. The molecule has 1 fully saturated rings. The van der Waals surface area contributed by atoms with E-state index >= 15 is 0 Å². The topological polar surface area (TPSA) is 114 Å². The Morgan fingerprint density at radius 1 is 1.33 bits per heavy atom. The number of hydrogen-bond donors (Lipinski definition) is 3. The number of fused-ring (bicyclic) bond motifs is 1. The molecule has 0 saturated carbocycles. The Labute approximate surface area is 155 Å². The third kappa shape index (κ3) is 3.29. The first kappa shape index (κ1) is 17.3. The number of nitrogens with zero attached hydrogens (tertiary/aromatic N) is 4. The molecule has 2 aromatic rings. The molecular weight excluding hydrogens is 350 g/mol. The van der Waals surface area contributed by atoms with Crippen LogP contribution in [0.2, 0.25) is 0 Å². The van der Waals surface area contributed by atoms with Gasteiger partial charge in [-0.2, -0.15) is 0 Å². The van der Waals surface area contributed by atoms with E-state index in [0.717, 1.165) is 18.7 Å². The number of aromatic hydroxyl groups is 1. The Kier molecular flexibility index (Phi) is 4.38. The van der Waals surface area contributed by atoms with Crippen LogP contribution in [0.4, 0.5) is 11.7 Å². The zero-order valence-corrected chi connectivity index (χ0v) is 14.7. The van der Waals surface area contributed by atoms with Crippen molar-refractivity contribution in [2.24, 2.45) is 4.99 Å². The van der Waals surface area contributed by atoms with Gasteiger partial charge in [-0.05, 0) is 25.3 Å². The number of piperazine rings is 1. The van der Waals surface area contributed by atoms with Crippen LogP contribution in [-0.2, 0) is 0 Å². The van der Waals surface area contributed by atoms with E-state index in [9.17, 15) is 15.0 Å². The maximum Gasteiger partial charge on any atom is 0.345 e. The molecule has 27 heavy (non-hydrogen) atoms. The number of aromatic carboxylic acids is 1. The van der Waals surface area contributed by atoms with Gasteiger partial charge in [0.2, 0.25) is 5.88 Å². The highest BCUT2D eigenvalue weighted by Crippen LogP contribution is 2.38. The Hall–Kier alpha value is -3.17. The lowest BCUT2D eigenvalue weighted by Gasteiger charge is -2.32. The molecule has 0 bridgehead atoms. The van der Waals surface area contributed by atoms with Crippen LogP contribution in [-0.4, -0.2) is 70.5 Å². The Morgan fingerprint density at radius 3 is 2.85 bits per heavy atom. The van der Waals surface area contributed by atoms with Crippen LogP contribution < -0.4 is 5.43 Å². The van der Waals surface area contributed by atoms with Crippen LogP contribution >= 0.6 is 0 Å². The van der Waals surface area contributed by atoms with Crippen LogP contribution in [0.25, 0.3) is 11.6 Å². The fourth-order valence-corrected chi connectivity index (χ4v) is 3.06. The van der Waals surface area contributed by atoms with Gasteiger partial charge in [0.05, 0.1) is 0 Å². The largest absolute Gasteiger partial charge is 0.504 e. The molecule has 0 amide bonds. The van der Waals surface area contributed by atoms with Gasteiger partial charge >= 0.3 is 5.97 Å². The van der Waals surface area contributed by atoms with Gasteiger partial charge in [0, 0.05) is 49.7 Å². The fraction of sp³-hybridized carbons (Fsp3) is 0.278. The number of carbonyl (C=O) groups is 1. The summed E-state index contributed by atoms with van der Waals surface area (Å²) in [6.45, 7) is 3.11. The summed E-state index contributed by atoms with van der Waals surface area (Å²) in [4.78, 5) is 22.2. The van der Waals surface area contributed by atoms with Crippen molar-refractivity contribution in [2.45, 2.75) is 0 Å². The van der Waals surface area contributed by atoms with E-state index in [2.05, 4.69) is 20.3 Å². The molecule has 0 radical (unpaired) electrons. The number of allylic oxidation sites excluding steroid dienone is 1. The van der Waals surface area contributed by atoms with Crippen molar-refractivity contribution >= 4 is 35.5 Å². The molecule has 0 aliphatic carbocycles. The molecule has 0 unspecified atom stereocenters. The molecule has 0 spiro atoms. The summed E-state index contributed by atoms with van der Waals surface area (Å²) in [6, 6.07) is 3.63. The minimum atomic E-state index is -1.26. The van der Waals surface area contributed by atoms with E-state index in [4.69, 9.17) is 4.42 Å². The lowest BCUT2D eigenvalue weighted by molar-refractivity contribution is 0.0694. The summed E-state index contributed by atoms with van der Waals surface area (Å²) >= 11 is 0. The number of hydrazine groups is 1. The molecule has 9 heteroatoms. The maximum atomic E-state index is 11.6. The quantitative estimate of drug-likeness (QED) is 0.749. The predicted molar refractivity (Wildman–Crippen MR) is 100 cm³/mol. The third-order valence-electron chi connectivity index (χ3n) is 4.60. The van der Waals surface area contributed by atoms with Gasteiger partial charge in [-0.1, -0.05) is 0 Å². The number of carboxylic acids is 1. The fourth-order valence-electron chi connectivity index (χ4n) is 3.06. The second kappa shape index (κ2) is 6.86. The van der Waals surface area contributed by atoms with E-state index in [1.54, 1.807) is 24.6 Å². The average molecular weight is 369 g/mol. The molecular formula is C18H19N5O4. The van der Waals surface area contributed by atoms with Crippen molar-refractivity contribution in [1.82, 2.24) is 14.9 Å². The zero-order valence-electron chi connectivity index (χ0n) is 14.7. The summed E-state index contributed by atoms with van der Waals surface area (Å²) in [6.07, 6.45) is 4.81. The van der Waals surface area contributed by atoms with Crippen molar-refractivity contribution in [3.63, 3.8) is 0 Å². The number of aliphatic imine (C=N–C) groups is 1. The summed E-state index contributed by atoms with van der Waals surface area (Å²) in [5.74, 6) is -1.04. The normalized spacial score (nSPS) is 18.8. The Balaban J connectivity index is 1.66. The summed E-state index contributed by atoms with van der Waals surface area (Å²) in [5.41, 5.74) is 4.17. The highest BCUT2D eigenvalue weighted by molar-refractivity contribution is 6.21. The molecule has 9 nitrogen and oxygen atoms in total. The maximum absolute atomic E-state index is 11.6. The van der Waals surface area contributed by atoms with Crippen molar-refractivity contribution in [1.29, 1.82) is 0 Å². The highest BCUT2D eigenvalue weighted by Gasteiger charge is 2.27. The van der Waals surface area contributed by atoms with Gasteiger partial charge in [-0.15, -0.1) is 0 Å². The Bertz CT molecular complexity index is 941. The van der Waals surface area contributed by atoms with Crippen molar-refractivity contribution in [2.75, 3.05) is 38.7 Å². The van der Waals surface area contributed by atoms with E-state index in [-0.39, 0.29) is 17.2 Å². The monoisotopic (exact) mass is 369 g/mol. The third-order valence-corrected chi connectivity index (χ3v) is 4.60. The molecule has 0 atom stereocenters. The average Bonchev–Trinajstić information content (AvgIpc) is 3.19. The molecule has 0 aromatic carbocycles. The number of likely N-dealkylation sites (N-methyl/N-ethyl adjacent to an activating group) is 1. The van der Waals surface area contributed by atoms with Crippen LogP contribution in [0.1, 0.15) is 21.7 Å².